The van der Waals surface area contributed by atoms with Gasteiger partial charge in [-0.25, -0.2) is 0 Å². The number of rotatable bonds is 64. The minimum absolute atomic E-state index is 0.0761. The summed E-state index contributed by atoms with van der Waals surface area (Å²) in [7, 11) is 0. The van der Waals surface area contributed by atoms with Crippen LogP contribution in [-0.2, 0) is 28.6 Å². The van der Waals surface area contributed by atoms with Crippen LogP contribution in [0.1, 0.15) is 361 Å². The van der Waals surface area contributed by atoms with Crippen molar-refractivity contribution >= 4 is 17.9 Å². The van der Waals surface area contributed by atoms with Gasteiger partial charge in [0.15, 0.2) is 6.10 Å². The molecule has 6 nitrogen and oxygen atoms in total. The zero-order chi connectivity index (χ0) is 57.8. The first-order valence-electron chi connectivity index (χ1n) is 34.9. The van der Waals surface area contributed by atoms with E-state index >= 15 is 0 Å². The Balaban J connectivity index is 4.24. The van der Waals surface area contributed by atoms with E-state index < -0.39 is 6.10 Å². The first kappa shape index (κ1) is 76.9. The quantitative estimate of drug-likeness (QED) is 0.0261. The molecule has 0 aliphatic carbocycles. The molecule has 464 valence electrons. The molecule has 0 aromatic rings. The van der Waals surface area contributed by atoms with Crippen LogP contribution in [-0.4, -0.2) is 37.2 Å². The van der Waals surface area contributed by atoms with Crippen LogP contribution in [0.2, 0.25) is 0 Å². The molecule has 0 heterocycles. The Hall–Kier alpha value is -3.15. The van der Waals surface area contributed by atoms with Gasteiger partial charge in [0.05, 0.1) is 0 Å². The van der Waals surface area contributed by atoms with E-state index in [0.29, 0.717) is 19.3 Å². The molecule has 6 heteroatoms. The molecular weight excluding hydrogens is 985 g/mol. The Morgan fingerprint density at radius 1 is 0.263 bits per heavy atom. The Labute approximate surface area is 497 Å². The van der Waals surface area contributed by atoms with Gasteiger partial charge in [-0.05, 0) is 109 Å². The van der Waals surface area contributed by atoms with Crippen LogP contribution in [0.25, 0.3) is 0 Å². The zero-order valence-electron chi connectivity index (χ0n) is 53.3. The highest BCUT2D eigenvalue weighted by Crippen LogP contribution is 2.17. The van der Waals surface area contributed by atoms with E-state index in [2.05, 4.69) is 93.7 Å². The number of esters is 3. The molecule has 0 amide bonds. The lowest BCUT2D eigenvalue weighted by molar-refractivity contribution is -0.167. The summed E-state index contributed by atoms with van der Waals surface area (Å²) in [6.07, 6.45) is 89.3. The SMILES string of the molecule is CC/C=C\C/C=C\C/C=C\C/C=C\CCCCCCCCCCCCCCC(=O)OCC(COC(=O)CCCCCCC/C=C\CCCCC)OC(=O)CCCCCCCCCCCCCCC/C=C\CCCCCCCCCC. The Kier molecular flexibility index (Phi) is 65.7. The van der Waals surface area contributed by atoms with Gasteiger partial charge in [0, 0.05) is 19.3 Å². The first-order chi connectivity index (χ1) is 39.5. The lowest BCUT2D eigenvalue weighted by Crippen LogP contribution is -2.30. The van der Waals surface area contributed by atoms with Crippen molar-refractivity contribution in [3.63, 3.8) is 0 Å². The van der Waals surface area contributed by atoms with Gasteiger partial charge in [-0.1, -0.05) is 306 Å². The van der Waals surface area contributed by atoms with Gasteiger partial charge >= 0.3 is 17.9 Å². The summed E-state index contributed by atoms with van der Waals surface area (Å²) in [6.45, 7) is 6.55. The second-order valence-corrected chi connectivity index (χ2v) is 23.4. The number of carbonyl (C=O) groups excluding carboxylic acids is 3. The molecule has 0 aliphatic rings. The van der Waals surface area contributed by atoms with Gasteiger partial charge in [-0.3, -0.25) is 14.4 Å². The molecule has 1 unspecified atom stereocenters. The molecule has 0 saturated heterocycles. The van der Waals surface area contributed by atoms with Gasteiger partial charge in [-0.15, -0.1) is 0 Å². The maximum Gasteiger partial charge on any atom is 0.306 e. The summed E-state index contributed by atoms with van der Waals surface area (Å²) in [4.78, 5) is 38.4. The van der Waals surface area contributed by atoms with E-state index in [9.17, 15) is 14.4 Å². The summed E-state index contributed by atoms with van der Waals surface area (Å²) < 4.78 is 17.0. The van der Waals surface area contributed by atoms with E-state index in [1.165, 1.54) is 231 Å². The smallest absolute Gasteiger partial charge is 0.306 e. The average Bonchev–Trinajstić information content (AvgIpc) is 3.46. The molecule has 0 radical (unpaired) electrons. The van der Waals surface area contributed by atoms with Crippen molar-refractivity contribution in [2.24, 2.45) is 0 Å². The van der Waals surface area contributed by atoms with Crippen molar-refractivity contribution < 1.29 is 28.6 Å². The van der Waals surface area contributed by atoms with Crippen LogP contribution in [0.15, 0.2) is 72.9 Å². The molecule has 0 spiro atoms. The van der Waals surface area contributed by atoms with Gasteiger partial charge in [0.25, 0.3) is 0 Å². The number of unbranched alkanes of at least 4 members (excludes halogenated alkanes) is 41. The van der Waals surface area contributed by atoms with Crippen molar-refractivity contribution in [1.29, 1.82) is 0 Å². The highest BCUT2D eigenvalue weighted by Gasteiger charge is 2.19. The monoisotopic (exact) mass is 1120 g/mol. The van der Waals surface area contributed by atoms with Crippen LogP contribution >= 0.6 is 0 Å². The fourth-order valence-electron chi connectivity index (χ4n) is 10.2. The van der Waals surface area contributed by atoms with E-state index in [-0.39, 0.29) is 31.1 Å². The summed E-state index contributed by atoms with van der Waals surface area (Å²) in [5, 5.41) is 0. The molecule has 0 saturated carbocycles. The summed E-state index contributed by atoms with van der Waals surface area (Å²) in [5.41, 5.74) is 0. The van der Waals surface area contributed by atoms with Crippen molar-refractivity contribution in [3.05, 3.63) is 72.9 Å². The lowest BCUT2D eigenvalue weighted by Gasteiger charge is -2.18. The fraction of sp³-hybridized carbons (Fsp3) is 0.797. The second kappa shape index (κ2) is 68.3. The molecule has 0 aromatic heterocycles. The van der Waals surface area contributed by atoms with Crippen molar-refractivity contribution in [1.82, 2.24) is 0 Å². The normalized spacial score (nSPS) is 12.5. The van der Waals surface area contributed by atoms with Gasteiger partial charge < -0.3 is 14.2 Å². The predicted molar refractivity (Wildman–Crippen MR) is 348 cm³/mol. The predicted octanol–water partition coefficient (Wildman–Crippen LogP) is 24.1. The third-order valence-electron chi connectivity index (χ3n) is 15.4. The Morgan fingerprint density at radius 3 is 0.800 bits per heavy atom. The Morgan fingerprint density at radius 2 is 0.487 bits per heavy atom. The number of ether oxygens (including phenoxy) is 3. The third kappa shape index (κ3) is 65.7. The largest absolute Gasteiger partial charge is 0.462 e. The highest BCUT2D eigenvalue weighted by molar-refractivity contribution is 5.71. The molecule has 0 aromatic carbocycles. The van der Waals surface area contributed by atoms with Crippen molar-refractivity contribution in [3.8, 4) is 0 Å². The standard InChI is InChI=1S/C74H132O6/c1-4-7-10-13-16-19-22-25-27-29-31-33-35-37-39-41-43-45-47-49-52-55-58-61-64-67-73(76)79-70-71(69-78-72(75)66-63-60-57-54-51-24-21-18-15-12-9-6-3)80-74(77)68-65-62-59-56-53-50-48-46-44-42-40-38-36-34-32-30-28-26-23-20-17-14-11-8-5-2/h7,10,16,18-19,21,25,27,30-33,71H,4-6,8-9,11-15,17,20,22-24,26,28-29,34-70H2,1-3H3/b10-7-,19-16-,21-18-,27-25-,32-30-,33-31-. The van der Waals surface area contributed by atoms with E-state index in [0.717, 1.165) is 89.9 Å². The molecule has 0 bridgehead atoms. The molecule has 80 heavy (non-hydrogen) atoms. The van der Waals surface area contributed by atoms with Crippen LogP contribution in [0.3, 0.4) is 0 Å². The summed E-state index contributed by atoms with van der Waals surface area (Å²) in [6, 6.07) is 0. The second-order valence-electron chi connectivity index (χ2n) is 23.4. The molecule has 0 rings (SSSR count). The molecule has 1 atom stereocenters. The molecular formula is C74H132O6. The molecule has 0 N–H and O–H groups in total. The highest BCUT2D eigenvalue weighted by atomic mass is 16.6. The van der Waals surface area contributed by atoms with E-state index in [1.54, 1.807) is 0 Å². The third-order valence-corrected chi connectivity index (χ3v) is 15.4. The van der Waals surface area contributed by atoms with E-state index in [1.807, 2.05) is 0 Å². The number of hydrogen-bond donors (Lipinski definition) is 0. The Bertz CT molecular complexity index is 1470. The summed E-state index contributed by atoms with van der Waals surface area (Å²) >= 11 is 0. The zero-order valence-corrected chi connectivity index (χ0v) is 53.3. The maximum absolute atomic E-state index is 12.9. The van der Waals surface area contributed by atoms with Gasteiger partial charge in [-0.2, -0.15) is 0 Å². The van der Waals surface area contributed by atoms with Crippen LogP contribution in [0.5, 0.6) is 0 Å². The number of allylic oxidation sites excluding steroid dienone is 12. The van der Waals surface area contributed by atoms with Crippen LogP contribution in [0, 0.1) is 0 Å². The average molecular weight is 1120 g/mol. The summed E-state index contributed by atoms with van der Waals surface area (Å²) in [5.74, 6) is -0.868. The first-order valence-corrected chi connectivity index (χ1v) is 34.9. The minimum atomic E-state index is -0.780. The molecule has 0 aliphatic heterocycles. The van der Waals surface area contributed by atoms with Crippen molar-refractivity contribution in [2.75, 3.05) is 13.2 Å². The number of hydrogen-bond acceptors (Lipinski definition) is 6. The topological polar surface area (TPSA) is 78.9 Å². The minimum Gasteiger partial charge on any atom is -0.462 e. The molecule has 0 fully saturated rings. The van der Waals surface area contributed by atoms with Crippen molar-refractivity contribution in [2.45, 2.75) is 367 Å². The van der Waals surface area contributed by atoms with Gasteiger partial charge in [0.1, 0.15) is 13.2 Å². The number of carbonyl (C=O) groups is 3. The fourth-order valence-corrected chi connectivity index (χ4v) is 10.2. The van der Waals surface area contributed by atoms with Gasteiger partial charge in [0.2, 0.25) is 0 Å². The maximum atomic E-state index is 12.9. The van der Waals surface area contributed by atoms with Crippen LogP contribution in [0.4, 0.5) is 0 Å². The van der Waals surface area contributed by atoms with Crippen LogP contribution < -0.4 is 0 Å². The lowest BCUT2D eigenvalue weighted by atomic mass is 10.0. The van der Waals surface area contributed by atoms with E-state index in [4.69, 9.17) is 14.2 Å².